The fraction of sp³-hybridized carbons (Fsp3) is 0.222. The van der Waals surface area contributed by atoms with Gasteiger partial charge in [-0.1, -0.05) is 24.9 Å². The first kappa shape index (κ1) is 16.5. The third kappa shape index (κ3) is 3.12. The number of anilines is 1. The molecule has 1 amide bonds. The maximum atomic E-state index is 13.3. The van der Waals surface area contributed by atoms with Gasteiger partial charge in [0, 0.05) is 11.9 Å². The van der Waals surface area contributed by atoms with Gasteiger partial charge in [-0.25, -0.2) is 9.37 Å². The molecule has 3 aromatic rings. The van der Waals surface area contributed by atoms with Crippen molar-refractivity contribution < 1.29 is 9.18 Å². The van der Waals surface area contributed by atoms with Gasteiger partial charge < -0.3 is 5.32 Å². The summed E-state index contributed by atoms with van der Waals surface area (Å²) in [5.41, 5.74) is 3.49. The third-order valence-corrected chi connectivity index (χ3v) is 4.02. The van der Waals surface area contributed by atoms with E-state index in [1.807, 2.05) is 32.2 Å². The van der Waals surface area contributed by atoms with Crippen LogP contribution in [-0.4, -0.2) is 15.3 Å². The summed E-state index contributed by atoms with van der Waals surface area (Å²) >= 11 is 5.77. The van der Waals surface area contributed by atoms with Gasteiger partial charge in [-0.15, -0.1) is 0 Å². The highest BCUT2D eigenvalue weighted by atomic mass is 35.5. The number of carbonyl (C=O) groups is 1. The molecule has 2 heterocycles. The molecule has 6 heteroatoms. The highest BCUT2D eigenvalue weighted by Crippen LogP contribution is 2.21. The molecule has 0 unspecified atom stereocenters. The Hall–Kier alpha value is -2.40. The molecule has 0 fully saturated rings. The summed E-state index contributed by atoms with van der Waals surface area (Å²) in [6.07, 6.45) is 3.42. The number of halogens is 2. The van der Waals surface area contributed by atoms with Crippen LogP contribution < -0.4 is 5.32 Å². The Bertz CT molecular complexity index is 920. The number of nitrogens with zero attached hydrogens (tertiary/aromatic N) is 2. The minimum absolute atomic E-state index is 0.0321. The van der Waals surface area contributed by atoms with Gasteiger partial charge in [0.15, 0.2) is 0 Å². The van der Waals surface area contributed by atoms with E-state index in [4.69, 9.17) is 11.6 Å². The van der Waals surface area contributed by atoms with Crippen LogP contribution in [0.2, 0.25) is 5.02 Å². The maximum Gasteiger partial charge on any atom is 0.274 e. The van der Waals surface area contributed by atoms with Gasteiger partial charge in [0.2, 0.25) is 0 Å². The maximum absolute atomic E-state index is 13.3. The Labute approximate surface area is 144 Å². The van der Waals surface area contributed by atoms with E-state index < -0.39 is 5.82 Å². The van der Waals surface area contributed by atoms with E-state index in [0.717, 1.165) is 23.3 Å². The van der Waals surface area contributed by atoms with E-state index in [9.17, 15) is 9.18 Å². The van der Waals surface area contributed by atoms with Crippen LogP contribution in [-0.2, 0) is 6.42 Å². The van der Waals surface area contributed by atoms with E-state index in [-0.39, 0.29) is 10.9 Å². The minimum Gasteiger partial charge on any atom is -0.321 e. The van der Waals surface area contributed by atoms with Crippen LogP contribution in [0.5, 0.6) is 0 Å². The van der Waals surface area contributed by atoms with Crippen molar-refractivity contribution in [1.82, 2.24) is 9.38 Å². The monoisotopic (exact) mass is 345 g/mol. The summed E-state index contributed by atoms with van der Waals surface area (Å²) in [5, 5.41) is 2.73. The number of benzene rings is 1. The molecule has 0 bridgehead atoms. The van der Waals surface area contributed by atoms with Crippen molar-refractivity contribution in [3.8, 4) is 0 Å². The zero-order valence-electron chi connectivity index (χ0n) is 13.4. The molecule has 2 aromatic heterocycles. The van der Waals surface area contributed by atoms with Crippen molar-refractivity contribution in [1.29, 1.82) is 0 Å². The average Bonchev–Trinajstić information content (AvgIpc) is 2.88. The summed E-state index contributed by atoms with van der Waals surface area (Å²) in [7, 11) is 0. The lowest BCUT2D eigenvalue weighted by atomic mass is 10.2. The molecule has 1 aromatic carbocycles. The third-order valence-electron chi connectivity index (χ3n) is 3.73. The van der Waals surface area contributed by atoms with E-state index in [0.29, 0.717) is 17.8 Å². The van der Waals surface area contributed by atoms with Crippen molar-refractivity contribution in [3.05, 3.63) is 64.3 Å². The highest BCUT2D eigenvalue weighted by molar-refractivity contribution is 6.31. The number of hydrogen-bond acceptors (Lipinski definition) is 2. The van der Waals surface area contributed by atoms with Gasteiger partial charge in [0.1, 0.15) is 17.2 Å². The lowest BCUT2D eigenvalue weighted by Gasteiger charge is -2.08. The van der Waals surface area contributed by atoms with Crippen LogP contribution in [0.25, 0.3) is 5.65 Å². The fourth-order valence-electron chi connectivity index (χ4n) is 2.61. The summed E-state index contributed by atoms with van der Waals surface area (Å²) in [6.45, 7) is 4.02. The number of hydrogen-bond donors (Lipinski definition) is 1. The topological polar surface area (TPSA) is 46.4 Å². The van der Waals surface area contributed by atoms with Crippen LogP contribution in [0.1, 0.15) is 35.1 Å². The number of imidazole rings is 1. The lowest BCUT2D eigenvalue weighted by molar-refractivity contribution is 0.102. The predicted molar refractivity (Wildman–Crippen MR) is 93.3 cm³/mol. The van der Waals surface area contributed by atoms with Crippen molar-refractivity contribution in [3.63, 3.8) is 0 Å². The lowest BCUT2D eigenvalue weighted by Crippen LogP contribution is -2.16. The van der Waals surface area contributed by atoms with Gasteiger partial charge in [-0.3, -0.25) is 9.20 Å². The van der Waals surface area contributed by atoms with Crippen molar-refractivity contribution in [2.75, 3.05) is 5.32 Å². The molecule has 1 N–H and O–H groups in total. The fourth-order valence-corrected chi connectivity index (χ4v) is 2.79. The summed E-state index contributed by atoms with van der Waals surface area (Å²) in [4.78, 5) is 17.3. The van der Waals surface area contributed by atoms with Gasteiger partial charge >= 0.3 is 0 Å². The summed E-state index contributed by atoms with van der Waals surface area (Å²) in [6, 6.07) is 7.96. The molecule has 3 rings (SSSR count). The summed E-state index contributed by atoms with van der Waals surface area (Å²) in [5.74, 6) is -0.816. The van der Waals surface area contributed by atoms with Crippen molar-refractivity contribution >= 4 is 28.8 Å². The molecule has 124 valence electrons. The van der Waals surface area contributed by atoms with Crippen molar-refractivity contribution in [2.45, 2.75) is 26.7 Å². The SMILES string of the molecule is CCCc1nc2cc(C)ccn2c1C(=O)Nc1ccc(F)c(Cl)c1. The van der Waals surface area contributed by atoms with Crippen LogP contribution in [0.3, 0.4) is 0 Å². The predicted octanol–water partition coefficient (Wildman–Crippen LogP) is 4.64. The first-order valence-corrected chi connectivity index (χ1v) is 8.11. The van der Waals surface area contributed by atoms with Crippen LogP contribution in [0, 0.1) is 12.7 Å². The molecule has 0 saturated carbocycles. The average molecular weight is 346 g/mol. The number of pyridine rings is 1. The number of nitrogens with one attached hydrogen (secondary N) is 1. The van der Waals surface area contributed by atoms with Crippen LogP contribution in [0.4, 0.5) is 10.1 Å². The Balaban J connectivity index is 2.01. The molecule has 0 atom stereocenters. The Kier molecular flexibility index (Phi) is 4.53. The molecule has 0 radical (unpaired) electrons. The molecule has 4 nitrogen and oxygen atoms in total. The quantitative estimate of drug-likeness (QED) is 0.748. The van der Waals surface area contributed by atoms with E-state index in [1.165, 1.54) is 18.2 Å². The number of carbonyl (C=O) groups excluding carboxylic acids is 1. The zero-order valence-corrected chi connectivity index (χ0v) is 14.2. The molecule has 0 aliphatic rings. The first-order chi connectivity index (χ1) is 11.5. The number of fused-ring (bicyclic) bond motifs is 1. The Morgan fingerprint density at radius 2 is 2.12 bits per heavy atom. The standard InChI is InChI=1S/C18H17ClFN3O/c1-3-4-15-17(23-8-7-11(2)9-16(23)22-15)18(24)21-12-5-6-14(20)13(19)10-12/h5-10H,3-4H2,1-2H3,(H,21,24). The highest BCUT2D eigenvalue weighted by Gasteiger charge is 2.19. The van der Waals surface area contributed by atoms with E-state index in [2.05, 4.69) is 10.3 Å². The number of rotatable bonds is 4. The van der Waals surface area contributed by atoms with Crippen LogP contribution in [0.15, 0.2) is 36.5 Å². The van der Waals surface area contributed by atoms with E-state index >= 15 is 0 Å². The smallest absolute Gasteiger partial charge is 0.274 e. The number of aryl methyl sites for hydroxylation is 2. The second-order valence-electron chi connectivity index (χ2n) is 5.67. The first-order valence-electron chi connectivity index (χ1n) is 7.73. The number of aromatic nitrogens is 2. The van der Waals surface area contributed by atoms with E-state index in [1.54, 1.807) is 4.40 Å². The number of amides is 1. The van der Waals surface area contributed by atoms with Crippen molar-refractivity contribution in [2.24, 2.45) is 0 Å². The molecule has 24 heavy (non-hydrogen) atoms. The van der Waals surface area contributed by atoms with Gasteiger partial charge in [-0.05, 0) is 49.2 Å². The second-order valence-corrected chi connectivity index (χ2v) is 6.08. The largest absolute Gasteiger partial charge is 0.321 e. The molecule has 0 saturated heterocycles. The van der Waals surface area contributed by atoms with Gasteiger partial charge in [-0.2, -0.15) is 0 Å². The molecule has 0 spiro atoms. The van der Waals surface area contributed by atoms with Gasteiger partial charge in [0.25, 0.3) is 5.91 Å². The normalized spacial score (nSPS) is 11.0. The second kappa shape index (κ2) is 6.61. The molecular weight excluding hydrogens is 329 g/mol. The molecule has 0 aliphatic heterocycles. The molecular formula is C18H17ClFN3O. The Morgan fingerprint density at radius 3 is 2.83 bits per heavy atom. The Morgan fingerprint density at radius 1 is 1.33 bits per heavy atom. The molecule has 0 aliphatic carbocycles. The van der Waals surface area contributed by atoms with Gasteiger partial charge in [0.05, 0.1) is 10.7 Å². The van der Waals surface area contributed by atoms with Crippen LogP contribution >= 0.6 is 11.6 Å². The summed E-state index contributed by atoms with van der Waals surface area (Å²) < 4.78 is 15.0. The zero-order chi connectivity index (χ0) is 17.3. The minimum atomic E-state index is -0.522.